The van der Waals surface area contributed by atoms with Crippen molar-refractivity contribution in [3.63, 3.8) is 0 Å². The first-order valence-corrected chi connectivity index (χ1v) is 5.92. The summed E-state index contributed by atoms with van der Waals surface area (Å²) in [6, 6.07) is 9.77. The molecule has 0 aliphatic rings. The fourth-order valence-corrected chi connectivity index (χ4v) is 1.68. The van der Waals surface area contributed by atoms with E-state index in [0.29, 0.717) is 17.2 Å². The molecule has 6 heteroatoms. The maximum Gasteiger partial charge on any atom is 0.341 e. The van der Waals surface area contributed by atoms with Gasteiger partial charge in [0, 0.05) is 6.07 Å². The Hall–Kier alpha value is -2.94. The standard InChI is InChI=1S/C15H10F2N2O2/c16-12-6-14(19)13(17)5-11(12)15(20)21-8-10-3-1-2-9(4-10)7-18/h1-6H,8,19H2. The second-order valence-corrected chi connectivity index (χ2v) is 4.24. The molecular formula is C15H10F2N2O2. The van der Waals surface area contributed by atoms with Crippen molar-refractivity contribution in [3.8, 4) is 6.07 Å². The number of halogens is 2. The summed E-state index contributed by atoms with van der Waals surface area (Å²) in [7, 11) is 0. The number of nitrogens with two attached hydrogens (primary N) is 1. The molecule has 0 aliphatic carbocycles. The van der Waals surface area contributed by atoms with Crippen molar-refractivity contribution in [1.29, 1.82) is 5.26 Å². The number of ether oxygens (including phenoxy) is 1. The molecule has 0 spiro atoms. The van der Waals surface area contributed by atoms with Gasteiger partial charge in [0.15, 0.2) is 0 Å². The molecule has 0 saturated carbocycles. The third-order valence-corrected chi connectivity index (χ3v) is 2.73. The average Bonchev–Trinajstić information content (AvgIpc) is 2.48. The monoisotopic (exact) mass is 288 g/mol. The molecule has 0 radical (unpaired) electrons. The number of hydrogen-bond donors (Lipinski definition) is 1. The summed E-state index contributed by atoms with van der Waals surface area (Å²) in [5.41, 5.74) is 5.25. The van der Waals surface area contributed by atoms with Crippen molar-refractivity contribution >= 4 is 11.7 Å². The highest BCUT2D eigenvalue weighted by atomic mass is 19.1. The van der Waals surface area contributed by atoms with Crippen LogP contribution in [0, 0.1) is 23.0 Å². The van der Waals surface area contributed by atoms with Gasteiger partial charge in [0.2, 0.25) is 0 Å². The highest BCUT2D eigenvalue weighted by Gasteiger charge is 2.16. The summed E-state index contributed by atoms with van der Waals surface area (Å²) in [5.74, 6) is -2.85. The van der Waals surface area contributed by atoms with E-state index in [4.69, 9.17) is 15.7 Å². The van der Waals surface area contributed by atoms with Gasteiger partial charge in [-0.25, -0.2) is 13.6 Å². The number of nitrogen functional groups attached to an aromatic ring is 1. The van der Waals surface area contributed by atoms with Crippen LogP contribution in [0.5, 0.6) is 0 Å². The van der Waals surface area contributed by atoms with Crippen molar-refractivity contribution in [2.24, 2.45) is 0 Å². The summed E-state index contributed by atoms with van der Waals surface area (Å²) >= 11 is 0. The Bertz CT molecular complexity index is 739. The first-order valence-electron chi connectivity index (χ1n) is 5.92. The molecule has 2 N–H and O–H groups in total. The molecule has 0 aliphatic heterocycles. The molecule has 0 bridgehead atoms. The van der Waals surface area contributed by atoms with E-state index in [-0.39, 0.29) is 12.3 Å². The van der Waals surface area contributed by atoms with Gasteiger partial charge in [-0.1, -0.05) is 12.1 Å². The lowest BCUT2D eigenvalue weighted by Crippen LogP contribution is -2.09. The lowest BCUT2D eigenvalue weighted by Gasteiger charge is -2.07. The first kappa shape index (κ1) is 14.5. The lowest BCUT2D eigenvalue weighted by atomic mass is 10.1. The summed E-state index contributed by atoms with van der Waals surface area (Å²) in [5, 5.41) is 8.75. The number of nitrogens with zero attached hydrogens (tertiary/aromatic N) is 1. The third-order valence-electron chi connectivity index (χ3n) is 2.73. The van der Waals surface area contributed by atoms with E-state index in [2.05, 4.69) is 0 Å². The average molecular weight is 288 g/mol. The van der Waals surface area contributed by atoms with Gasteiger partial charge >= 0.3 is 5.97 Å². The summed E-state index contributed by atoms with van der Waals surface area (Å²) in [6.07, 6.45) is 0. The Labute approximate surface area is 119 Å². The van der Waals surface area contributed by atoms with Crippen LogP contribution in [0.25, 0.3) is 0 Å². The topological polar surface area (TPSA) is 76.1 Å². The van der Waals surface area contributed by atoms with Gasteiger partial charge in [-0.2, -0.15) is 5.26 Å². The van der Waals surface area contributed by atoms with E-state index < -0.39 is 23.2 Å². The number of anilines is 1. The Balaban J connectivity index is 2.12. The van der Waals surface area contributed by atoms with Crippen LogP contribution in [0.3, 0.4) is 0 Å². The minimum absolute atomic E-state index is 0.153. The van der Waals surface area contributed by atoms with Gasteiger partial charge in [-0.05, 0) is 23.8 Å². The zero-order chi connectivity index (χ0) is 15.4. The molecule has 2 aromatic carbocycles. The minimum atomic E-state index is -1.01. The molecule has 4 nitrogen and oxygen atoms in total. The van der Waals surface area contributed by atoms with Crippen LogP contribution in [0.15, 0.2) is 36.4 Å². The molecule has 0 fully saturated rings. The van der Waals surface area contributed by atoms with E-state index >= 15 is 0 Å². The summed E-state index contributed by atoms with van der Waals surface area (Å²) in [6.45, 7) is -0.153. The molecule has 0 saturated heterocycles. The number of nitriles is 1. The zero-order valence-electron chi connectivity index (χ0n) is 10.8. The molecule has 106 valence electrons. The van der Waals surface area contributed by atoms with E-state index in [0.717, 1.165) is 6.07 Å². The molecule has 0 atom stereocenters. The van der Waals surface area contributed by atoms with Crippen LogP contribution in [0.4, 0.5) is 14.5 Å². The van der Waals surface area contributed by atoms with E-state index in [9.17, 15) is 13.6 Å². The Morgan fingerprint density at radius 2 is 2.00 bits per heavy atom. The highest BCUT2D eigenvalue weighted by Crippen LogP contribution is 2.18. The van der Waals surface area contributed by atoms with E-state index in [1.54, 1.807) is 18.2 Å². The van der Waals surface area contributed by atoms with Crippen molar-refractivity contribution in [2.45, 2.75) is 6.61 Å². The summed E-state index contributed by atoms with van der Waals surface area (Å²) in [4.78, 5) is 11.7. The number of carbonyl (C=O) groups excluding carboxylic acids is 1. The van der Waals surface area contributed by atoms with Crippen LogP contribution < -0.4 is 5.73 Å². The highest BCUT2D eigenvalue weighted by molar-refractivity contribution is 5.90. The van der Waals surface area contributed by atoms with Crippen molar-refractivity contribution in [1.82, 2.24) is 0 Å². The maximum atomic E-state index is 13.5. The zero-order valence-corrected chi connectivity index (χ0v) is 10.8. The third kappa shape index (κ3) is 3.34. The minimum Gasteiger partial charge on any atom is -0.457 e. The second-order valence-electron chi connectivity index (χ2n) is 4.24. The molecule has 0 heterocycles. The van der Waals surface area contributed by atoms with Crippen molar-refractivity contribution in [2.75, 3.05) is 5.73 Å². The molecule has 0 aromatic heterocycles. The Morgan fingerprint density at radius 3 is 2.71 bits per heavy atom. The first-order chi connectivity index (χ1) is 10.0. The SMILES string of the molecule is N#Cc1cccc(COC(=O)c2cc(F)c(N)cc2F)c1. The smallest absolute Gasteiger partial charge is 0.341 e. The maximum absolute atomic E-state index is 13.5. The van der Waals surface area contributed by atoms with Gasteiger partial charge < -0.3 is 10.5 Å². The van der Waals surface area contributed by atoms with Gasteiger partial charge in [-0.15, -0.1) is 0 Å². The predicted octanol–water partition coefficient (Wildman–Crippen LogP) is 2.78. The Kier molecular flexibility index (Phi) is 4.14. The molecule has 2 rings (SSSR count). The molecule has 0 amide bonds. The quantitative estimate of drug-likeness (QED) is 0.696. The van der Waals surface area contributed by atoms with Crippen molar-refractivity contribution < 1.29 is 18.3 Å². The van der Waals surface area contributed by atoms with Crippen LogP contribution in [-0.4, -0.2) is 5.97 Å². The predicted molar refractivity (Wildman–Crippen MR) is 71.0 cm³/mol. The largest absolute Gasteiger partial charge is 0.457 e. The van der Waals surface area contributed by atoms with Crippen molar-refractivity contribution in [3.05, 3.63) is 64.7 Å². The van der Waals surface area contributed by atoms with E-state index in [1.165, 1.54) is 6.07 Å². The van der Waals surface area contributed by atoms with Crippen LogP contribution in [0.1, 0.15) is 21.5 Å². The van der Waals surface area contributed by atoms with Crippen LogP contribution in [-0.2, 0) is 11.3 Å². The number of esters is 1. The number of carbonyl (C=O) groups is 1. The number of hydrogen-bond acceptors (Lipinski definition) is 4. The van der Waals surface area contributed by atoms with Gasteiger partial charge in [0.1, 0.15) is 18.2 Å². The van der Waals surface area contributed by atoms with Gasteiger partial charge in [-0.3, -0.25) is 0 Å². The fraction of sp³-hybridized carbons (Fsp3) is 0.0667. The molecule has 0 unspecified atom stereocenters. The molecule has 2 aromatic rings. The summed E-state index contributed by atoms with van der Waals surface area (Å²) < 4.78 is 31.7. The van der Waals surface area contributed by atoms with Gasteiger partial charge in [0.25, 0.3) is 0 Å². The second kappa shape index (κ2) is 6.01. The fourth-order valence-electron chi connectivity index (χ4n) is 1.68. The normalized spacial score (nSPS) is 9.95. The molecule has 21 heavy (non-hydrogen) atoms. The lowest BCUT2D eigenvalue weighted by molar-refractivity contribution is 0.0467. The van der Waals surface area contributed by atoms with Crippen LogP contribution >= 0.6 is 0 Å². The van der Waals surface area contributed by atoms with Gasteiger partial charge in [0.05, 0.1) is 22.9 Å². The molecular weight excluding hydrogens is 278 g/mol. The number of rotatable bonds is 3. The number of benzene rings is 2. The van der Waals surface area contributed by atoms with E-state index in [1.807, 2.05) is 6.07 Å². The van der Waals surface area contributed by atoms with Crippen LogP contribution in [0.2, 0.25) is 0 Å². The Morgan fingerprint density at radius 1 is 1.24 bits per heavy atom.